The van der Waals surface area contributed by atoms with E-state index in [-0.39, 0.29) is 10.6 Å². The van der Waals surface area contributed by atoms with Crippen LogP contribution in [0.4, 0.5) is 5.69 Å². The van der Waals surface area contributed by atoms with Gasteiger partial charge in [0.15, 0.2) is 0 Å². The summed E-state index contributed by atoms with van der Waals surface area (Å²) in [5.41, 5.74) is 1.30. The van der Waals surface area contributed by atoms with Gasteiger partial charge in [-0.25, -0.2) is 0 Å². The SMILES string of the molecule is CCCN(Bc1ccc([N+](=O)[O-])cc1)CCC. The van der Waals surface area contributed by atoms with E-state index in [1.807, 2.05) is 12.1 Å². The van der Waals surface area contributed by atoms with Crippen molar-refractivity contribution >= 4 is 18.6 Å². The Balaban J connectivity index is 2.62. The molecule has 0 aromatic heterocycles. The van der Waals surface area contributed by atoms with E-state index in [4.69, 9.17) is 0 Å². The van der Waals surface area contributed by atoms with Crippen molar-refractivity contribution in [2.24, 2.45) is 0 Å². The van der Waals surface area contributed by atoms with Crippen molar-refractivity contribution in [3.8, 4) is 0 Å². The predicted octanol–water partition coefficient (Wildman–Crippen LogP) is 1.69. The Kier molecular flexibility index (Phi) is 5.70. The van der Waals surface area contributed by atoms with Crippen LogP contribution in [0.3, 0.4) is 0 Å². The molecule has 0 fully saturated rings. The predicted molar refractivity (Wildman–Crippen MR) is 72.0 cm³/mol. The zero-order chi connectivity index (χ0) is 12.7. The van der Waals surface area contributed by atoms with Gasteiger partial charge in [-0.05, 0) is 25.9 Å². The summed E-state index contributed by atoms with van der Waals surface area (Å²) in [5.74, 6) is 0. The molecule has 0 amide bonds. The Hall–Kier alpha value is -1.36. The van der Waals surface area contributed by atoms with E-state index in [9.17, 15) is 10.1 Å². The fraction of sp³-hybridized carbons (Fsp3) is 0.500. The van der Waals surface area contributed by atoms with Crippen LogP contribution >= 0.6 is 0 Å². The van der Waals surface area contributed by atoms with Crippen LogP contribution in [0, 0.1) is 10.1 Å². The number of nitro benzene ring substituents is 1. The topological polar surface area (TPSA) is 46.4 Å². The molecule has 1 aromatic rings. The number of nitrogens with zero attached hydrogens (tertiary/aromatic N) is 2. The quantitative estimate of drug-likeness (QED) is 0.409. The van der Waals surface area contributed by atoms with Crippen molar-refractivity contribution < 1.29 is 4.92 Å². The van der Waals surface area contributed by atoms with Crippen LogP contribution in [0.2, 0.25) is 0 Å². The monoisotopic (exact) mass is 234 g/mol. The fourth-order valence-electron chi connectivity index (χ4n) is 1.88. The molecule has 0 spiro atoms. The maximum atomic E-state index is 10.5. The summed E-state index contributed by atoms with van der Waals surface area (Å²) in [6.07, 6.45) is 2.26. The van der Waals surface area contributed by atoms with Crippen molar-refractivity contribution in [2.45, 2.75) is 26.7 Å². The van der Waals surface area contributed by atoms with Gasteiger partial charge in [-0.15, -0.1) is 0 Å². The first-order valence-electron chi connectivity index (χ1n) is 6.13. The molecular weight excluding hydrogens is 215 g/mol. The van der Waals surface area contributed by atoms with Gasteiger partial charge < -0.3 is 4.81 Å². The largest absolute Gasteiger partial charge is 0.341 e. The second kappa shape index (κ2) is 7.07. The van der Waals surface area contributed by atoms with Gasteiger partial charge in [-0.2, -0.15) is 0 Å². The van der Waals surface area contributed by atoms with Crippen molar-refractivity contribution in [1.29, 1.82) is 0 Å². The van der Waals surface area contributed by atoms with Crippen LogP contribution in [-0.2, 0) is 0 Å². The van der Waals surface area contributed by atoms with Gasteiger partial charge >= 0.3 is 0 Å². The number of hydrogen-bond donors (Lipinski definition) is 0. The molecule has 4 nitrogen and oxygen atoms in total. The van der Waals surface area contributed by atoms with E-state index in [1.165, 1.54) is 0 Å². The van der Waals surface area contributed by atoms with Crippen molar-refractivity contribution in [3.63, 3.8) is 0 Å². The van der Waals surface area contributed by atoms with Crippen LogP contribution in [0.5, 0.6) is 0 Å². The number of benzene rings is 1. The normalized spacial score (nSPS) is 10.5. The molecule has 0 atom stereocenters. The van der Waals surface area contributed by atoms with E-state index in [0.29, 0.717) is 0 Å². The Bertz CT molecular complexity index is 348. The maximum absolute atomic E-state index is 10.5. The summed E-state index contributed by atoms with van der Waals surface area (Å²) in [6.45, 7) is 6.48. The highest BCUT2D eigenvalue weighted by molar-refractivity contribution is 6.50. The number of non-ortho nitro benzene ring substituents is 1. The first kappa shape index (κ1) is 13.7. The number of hydrogen-bond acceptors (Lipinski definition) is 3. The zero-order valence-electron chi connectivity index (χ0n) is 10.6. The number of rotatable bonds is 7. The van der Waals surface area contributed by atoms with Crippen molar-refractivity contribution in [2.75, 3.05) is 13.1 Å². The van der Waals surface area contributed by atoms with Gasteiger partial charge in [0.05, 0.1) is 4.92 Å². The van der Waals surface area contributed by atoms with E-state index in [0.717, 1.165) is 38.8 Å². The smallest absolute Gasteiger partial charge is 0.269 e. The second-order valence-corrected chi connectivity index (χ2v) is 4.20. The summed E-state index contributed by atoms with van der Waals surface area (Å²) in [5, 5.41) is 10.5. The van der Waals surface area contributed by atoms with E-state index >= 15 is 0 Å². The lowest BCUT2D eigenvalue weighted by Gasteiger charge is -2.19. The summed E-state index contributed by atoms with van der Waals surface area (Å²) < 4.78 is 0. The minimum atomic E-state index is -0.361. The summed E-state index contributed by atoms with van der Waals surface area (Å²) in [6, 6.07) is 6.84. The zero-order valence-corrected chi connectivity index (χ0v) is 10.6. The van der Waals surface area contributed by atoms with Gasteiger partial charge in [0.2, 0.25) is 7.41 Å². The van der Waals surface area contributed by atoms with Gasteiger partial charge in [0, 0.05) is 12.1 Å². The first-order valence-corrected chi connectivity index (χ1v) is 6.13. The van der Waals surface area contributed by atoms with Gasteiger partial charge in [0.1, 0.15) is 0 Å². The van der Waals surface area contributed by atoms with Crippen LogP contribution in [0.25, 0.3) is 0 Å². The molecule has 0 saturated carbocycles. The lowest BCUT2D eigenvalue weighted by molar-refractivity contribution is -0.384. The Labute approximate surface area is 103 Å². The molecule has 0 aliphatic heterocycles. The van der Waals surface area contributed by atoms with E-state index < -0.39 is 0 Å². The molecular formula is C12H19BN2O2. The lowest BCUT2D eigenvalue weighted by atomic mass is 9.80. The van der Waals surface area contributed by atoms with Crippen LogP contribution in [-0.4, -0.2) is 30.2 Å². The van der Waals surface area contributed by atoms with Crippen LogP contribution < -0.4 is 5.46 Å². The third-order valence-electron chi connectivity index (χ3n) is 2.63. The molecule has 92 valence electrons. The third-order valence-corrected chi connectivity index (χ3v) is 2.63. The molecule has 17 heavy (non-hydrogen) atoms. The molecule has 0 aliphatic rings. The van der Waals surface area contributed by atoms with Crippen LogP contribution in [0.15, 0.2) is 24.3 Å². The van der Waals surface area contributed by atoms with Gasteiger partial charge in [-0.1, -0.05) is 31.4 Å². The van der Waals surface area contributed by atoms with Gasteiger partial charge in [0.25, 0.3) is 5.69 Å². The fourth-order valence-corrected chi connectivity index (χ4v) is 1.88. The average Bonchev–Trinajstić information content (AvgIpc) is 2.30. The molecule has 5 heteroatoms. The Morgan fingerprint density at radius 1 is 1.18 bits per heavy atom. The Morgan fingerprint density at radius 2 is 1.71 bits per heavy atom. The highest BCUT2D eigenvalue weighted by atomic mass is 16.6. The molecule has 0 heterocycles. The summed E-state index contributed by atoms with van der Waals surface area (Å²) in [7, 11) is 0.875. The minimum absolute atomic E-state index is 0.159. The lowest BCUT2D eigenvalue weighted by Crippen LogP contribution is -2.37. The van der Waals surface area contributed by atoms with E-state index in [2.05, 4.69) is 18.7 Å². The number of nitro groups is 1. The average molecular weight is 234 g/mol. The minimum Gasteiger partial charge on any atom is -0.341 e. The standard InChI is InChI=1S/C12H19BN2O2/c1-3-9-14(10-4-2)13-11-5-7-12(8-6-11)15(16)17/h5-8,13H,3-4,9-10H2,1-2H3. The molecule has 0 unspecified atom stereocenters. The first-order chi connectivity index (χ1) is 8.17. The molecule has 0 aliphatic carbocycles. The molecule has 0 N–H and O–H groups in total. The summed E-state index contributed by atoms with van der Waals surface area (Å²) >= 11 is 0. The Morgan fingerprint density at radius 3 is 2.12 bits per heavy atom. The van der Waals surface area contributed by atoms with Crippen molar-refractivity contribution in [3.05, 3.63) is 34.4 Å². The highest BCUT2D eigenvalue weighted by Crippen LogP contribution is 2.06. The van der Waals surface area contributed by atoms with Crippen LogP contribution in [0.1, 0.15) is 26.7 Å². The van der Waals surface area contributed by atoms with Gasteiger partial charge in [-0.3, -0.25) is 10.1 Å². The highest BCUT2D eigenvalue weighted by Gasteiger charge is 2.08. The summed E-state index contributed by atoms with van der Waals surface area (Å²) in [4.78, 5) is 12.5. The maximum Gasteiger partial charge on any atom is 0.269 e. The molecule has 1 rings (SSSR count). The van der Waals surface area contributed by atoms with Crippen molar-refractivity contribution in [1.82, 2.24) is 4.81 Å². The molecule has 0 bridgehead atoms. The van der Waals surface area contributed by atoms with E-state index in [1.54, 1.807) is 12.1 Å². The second-order valence-electron chi connectivity index (χ2n) is 4.20. The molecule has 0 radical (unpaired) electrons. The third kappa shape index (κ3) is 4.57. The molecule has 0 saturated heterocycles. The molecule has 1 aromatic carbocycles.